The minimum atomic E-state index is -6.08. The molecule has 0 aromatic heterocycles. The normalized spacial score (nSPS) is 12.9. The number of benzene rings is 2. The van der Waals surface area contributed by atoms with E-state index in [1.165, 1.54) is 6.07 Å². The molecule has 29 heavy (non-hydrogen) atoms. The lowest BCUT2D eigenvalue weighted by atomic mass is 10.1. The predicted molar refractivity (Wildman–Crippen MR) is 96.0 cm³/mol. The van der Waals surface area contributed by atoms with E-state index in [0.29, 0.717) is 17.9 Å². The average molecular weight is 424 g/mol. The number of ether oxygens (including phenoxy) is 1. The zero-order valence-electron chi connectivity index (χ0n) is 14.4. The second-order valence-electron chi connectivity index (χ2n) is 5.69. The highest BCUT2D eigenvalue weighted by Gasteiger charge is 2.49. The van der Waals surface area contributed by atoms with E-state index in [0.717, 1.165) is 17.7 Å². The van der Waals surface area contributed by atoms with Crippen LogP contribution in [0.25, 0.3) is 6.08 Å². The number of aromatic carboxylic acids is 1. The third-order valence-electron chi connectivity index (χ3n) is 3.71. The Labute approximate surface area is 163 Å². The molecule has 0 unspecified atom stereocenters. The van der Waals surface area contributed by atoms with E-state index >= 15 is 0 Å². The molecule has 10 heteroatoms. The number of carbonyl (C=O) groups is 1. The molecule has 0 bridgehead atoms. The number of para-hydroxylation sites is 1. The predicted octanol–water partition coefficient (Wildman–Crippen LogP) is 3.42. The minimum Gasteiger partial charge on any atom is -0.489 e. The summed E-state index contributed by atoms with van der Waals surface area (Å²) >= 11 is 0. The number of carboxylic acids is 1. The topological polar surface area (TPSA) is 89.9 Å². The largest absolute Gasteiger partial charge is 0.534 e. The Morgan fingerprint density at radius 3 is 2.62 bits per heavy atom. The summed E-state index contributed by atoms with van der Waals surface area (Å²) in [5.41, 5.74) is -5.65. The summed E-state index contributed by atoms with van der Waals surface area (Å²) in [5.74, 6) is 3.08. The second-order valence-corrected chi connectivity index (χ2v) is 7.22. The number of hydrogen-bond donors (Lipinski definition) is 1. The Balaban J connectivity index is 2.05. The first-order valence-corrected chi connectivity index (χ1v) is 9.32. The number of hydrogen-bond acceptors (Lipinski definition) is 5. The lowest BCUT2D eigenvalue weighted by Gasteiger charge is -2.13. The van der Waals surface area contributed by atoms with Gasteiger partial charge in [0.2, 0.25) is 0 Å². The van der Waals surface area contributed by atoms with Crippen molar-refractivity contribution in [3.8, 4) is 23.3 Å². The van der Waals surface area contributed by atoms with Gasteiger partial charge in [-0.05, 0) is 36.4 Å². The van der Waals surface area contributed by atoms with Crippen LogP contribution in [0.1, 0.15) is 27.0 Å². The second kappa shape index (κ2) is 7.52. The Hall–Kier alpha value is -3.45. The average Bonchev–Trinajstić information content (AvgIpc) is 2.65. The van der Waals surface area contributed by atoms with Crippen molar-refractivity contribution in [3.05, 3.63) is 64.7 Å². The highest BCUT2D eigenvalue weighted by Crippen LogP contribution is 2.31. The van der Waals surface area contributed by atoms with Gasteiger partial charge in [-0.15, -0.1) is 0 Å². The van der Waals surface area contributed by atoms with Gasteiger partial charge in [-0.25, -0.2) is 4.79 Å². The first kappa shape index (κ1) is 20.3. The Morgan fingerprint density at radius 1 is 1.17 bits per heavy atom. The molecule has 1 heterocycles. The maximum atomic E-state index is 12.7. The van der Waals surface area contributed by atoms with Gasteiger partial charge in [0.05, 0.1) is 5.56 Å². The Morgan fingerprint density at radius 2 is 1.93 bits per heavy atom. The highest BCUT2D eigenvalue weighted by molar-refractivity contribution is 7.88. The molecule has 2 aromatic carbocycles. The standard InChI is InChI=1S/C19H11F3O6S/c20-19(21,22)29(25,26)28-17-13(3-1-5-15(17)18(23)24)8-6-12-7-9-16-14(11-12)4-2-10-27-16/h1-5,7,9,11H,10H2,(H,23,24). The summed E-state index contributed by atoms with van der Waals surface area (Å²) in [6, 6.07) is 8.19. The molecule has 6 nitrogen and oxygen atoms in total. The van der Waals surface area contributed by atoms with Crippen LogP contribution in [-0.4, -0.2) is 31.6 Å². The van der Waals surface area contributed by atoms with Gasteiger partial charge in [0, 0.05) is 11.1 Å². The van der Waals surface area contributed by atoms with Crippen molar-refractivity contribution in [3.63, 3.8) is 0 Å². The summed E-state index contributed by atoms with van der Waals surface area (Å²) in [6.45, 7) is 0.425. The van der Waals surface area contributed by atoms with Crippen molar-refractivity contribution in [2.75, 3.05) is 6.61 Å². The summed E-state index contributed by atoms with van der Waals surface area (Å²) in [5, 5.41) is 9.18. The smallest absolute Gasteiger partial charge is 0.489 e. The van der Waals surface area contributed by atoms with Gasteiger partial charge < -0.3 is 14.0 Å². The van der Waals surface area contributed by atoms with Gasteiger partial charge in [-0.2, -0.15) is 21.6 Å². The number of carboxylic acid groups (broad SMARTS) is 1. The van der Waals surface area contributed by atoms with Crippen LogP contribution in [0.3, 0.4) is 0 Å². The zero-order valence-corrected chi connectivity index (χ0v) is 15.2. The lowest BCUT2D eigenvalue weighted by Crippen LogP contribution is -2.29. The van der Waals surface area contributed by atoms with Gasteiger partial charge >= 0.3 is 21.6 Å². The fraction of sp³-hybridized carbons (Fsp3) is 0.105. The van der Waals surface area contributed by atoms with Crippen LogP contribution in [0.15, 0.2) is 42.5 Å². The molecule has 3 rings (SSSR count). The Bertz CT molecular complexity index is 1170. The van der Waals surface area contributed by atoms with Gasteiger partial charge in [0.1, 0.15) is 17.9 Å². The van der Waals surface area contributed by atoms with Crippen LogP contribution >= 0.6 is 0 Å². The molecular formula is C19H11F3O6S. The monoisotopic (exact) mass is 424 g/mol. The van der Waals surface area contributed by atoms with Crippen LogP contribution in [0.2, 0.25) is 0 Å². The summed E-state index contributed by atoms with van der Waals surface area (Å²) < 4.78 is 70.3. The van der Waals surface area contributed by atoms with Crippen LogP contribution in [0, 0.1) is 11.8 Å². The molecule has 0 amide bonds. The molecular weight excluding hydrogens is 413 g/mol. The maximum absolute atomic E-state index is 12.7. The first-order chi connectivity index (χ1) is 13.6. The minimum absolute atomic E-state index is 0.331. The molecule has 150 valence electrons. The number of halogens is 3. The summed E-state index contributed by atoms with van der Waals surface area (Å²) in [6.07, 6.45) is 3.59. The molecule has 0 saturated carbocycles. The van der Waals surface area contributed by atoms with Crippen molar-refractivity contribution >= 4 is 22.2 Å². The van der Waals surface area contributed by atoms with Gasteiger partial charge in [-0.3, -0.25) is 0 Å². The van der Waals surface area contributed by atoms with E-state index in [1.807, 2.05) is 0 Å². The van der Waals surface area contributed by atoms with Crippen LogP contribution in [0.4, 0.5) is 13.2 Å². The molecule has 0 radical (unpaired) electrons. The molecule has 0 aliphatic carbocycles. The SMILES string of the molecule is O=C(O)c1cccc(C#Cc2ccc3c(c2)C=CCO3)c1OS(=O)(=O)C(F)(F)F. The number of alkyl halides is 3. The van der Waals surface area contributed by atoms with Crippen LogP contribution in [-0.2, 0) is 10.1 Å². The van der Waals surface area contributed by atoms with Crippen molar-refractivity contribution in [2.24, 2.45) is 0 Å². The van der Waals surface area contributed by atoms with Crippen LogP contribution in [0.5, 0.6) is 11.5 Å². The van der Waals surface area contributed by atoms with E-state index in [1.54, 1.807) is 30.4 Å². The van der Waals surface area contributed by atoms with Crippen molar-refractivity contribution in [2.45, 2.75) is 5.51 Å². The zero-order chi connectivity index (χ0) is 21.2. The molecule has 2 aromatic rings. The maximum Gasteiger partial charge on any atom is 0.534 e. The van der Waals surface area contributed by atoms with E-state index < -0.39 is 32.9 Å². The molecule has 0 atom stereocenters. The quantitative estimate of drug-likeness (QED) is 0.461. The third-order valence-corrected chi connectivity index (χ3v) is 4.66. The van der Waals surface area contributed by atoms with Crippen molar-refractivity contribution < 1.29 is 40.4 Å². The molecule has 1 N–H and O–H groups in total. The lowest BCUT2D eigenvalue weighted by molar-refractivity contribution is -0.0500. The first-order valence-electron chi connectivity index (χ1n) is 7.91. The van der Waals surface area contributed by atoms with E-state index in [-0.39, 0.29) is 5.56 Å². The van der Waals surface area contributed by atoms with Gasteiger partial charge in [-0.1, -0.05) is 24.0 Å². The van der Waals surface area contributed by atoms with E-state index in [4.69, 9.17) is 4.74 Å². The fourth-order valence-corrected chi connectivity index (χ4v) is 2.88. The third kappa shape index (κ3) is 4.35. The summed E-state index contributed by atoms with van der Waals surface area (Å²) in [7, 11) is -6.08. The number of fused-ring (bicyclic) bond motifs is 1. The van der Waals surface area contributed by atoms with E-state index in [9.17, 15) is 31.5 Å². The molecule has 1 aliphatic heterocycles. The van der Waals surface area contributed by atoms with Gasteiger partial charge in [0.25, 0.3) is 0 Å². The Kier molecular flexibility index (Phi) is 5.26. The van der Waals surface area contributed by atoms with Crippen molar-refractivity contribution in [1.82, 2.24) is 0 Å². The number of rotatable bonds is 3. The van der Waals surface area contributed by atoms with Gasteiger partial charge in [0.15, 0.2) is 5.75 Å². The van der Waals surface area contributed by atoms with Crippen molar-refractivity contribution in [1.29, 1.82) is 0 Å². The van der Waals surface area contributed by atoms with E-state index in [2.05, 4.69) is 16.0 Å². The van der Waals surface area contributed by atoms with Crippen LogP contribution < -0.4 is 8.92 Å². The summed E-state index contributed by atoms with van der Waals surface area (Å²) in [4.78, 5) is 11.3. The molecule has 1 aliphatic rings. The fourth-order valence-electron chi connectivity index (χ4n) is 2.39. The molecule has 0 spiro atoms. The highest BCUT2D eigenvalue weighted by atomic mass is 32.2. The molecule has 0 fully saturated rings. The molecule has 0 saturated heterocycles.